The quantitative estimate of drug-likeness (QED) is 0.806. The van der Waals surface area contributed by atoms with E-state index >= 15 is 0 Å². The maximum absolute atomic E-state index is 11.9. The molecule has 1 amide bonds. The summed E-state index contributed by atoms with van der Waals surface area (Å²) in [5.41, 5.74) is 0. The molecular formula is C13H19ClN2O3S. The number of carbonyl (C=O) groups is 1. The zero-order valence-electron chi connectivity index (χ0n) is 11.5. The fraction of sp³-hybridized carbons (Fsp3) is 0.462. The van der Waals surface area contributed by atoms with E-state index in [-0.39, 0.29) is 29.8 Å². The zero-order chi connectivity index (χ0) is 15.2. The summed E-state index contributed by atoms with van der Waals surface area (Å²) < 4.78 is 26.2. The zero-order valence-corrected chi connectivity index (χ0v) is 13.1. The molecule has 0 heterocycles. The highest BCUT2D eigenvalue weighted by molar-refractivity contribution is 7.89. The number of hydrogen-bond donors (Lipinski definition) is 2. The third kappa shape index (κ3) is 5.48. The van der Waals surface area contributed by atoms with E-state index in [4.69, 9.17) is 11.6 Å². The van der Waals surface area contributed by atoms with Gasteiger partial charge in [0.15, 0.2) is 0 Å². The van der Waals surface area contributed by atoms with Crippen molar-refractivity contribution < 1.29 is 13.2 Å². The van der Waals surface area contributed by atoms with Crippen LogP contribution in [0.4, 0.5) is 0 Å². The highest BCUT2D eigenvalue weighted by Gasteiger charge is 2.14. The lowest BCUT2D eigenvalue weighted by Gasteiger charge is -2.11. The lowest BCUT2D eigenvalue weighted by molar-refractivity contribution is -0.121. The molecule has 2 N–H and O–H groups in total. The van der Waals surface area contributed by atoms with Gasteiger partial charge in [0.25, 0.3) is 0 Å². The van der Waals surface area contributed by atoms with Crippen LogP contribution in [0.15, 0.2) is 29.2 Å². The minimum Gasteiger partial charge on any atom is -0.354 e. The SMILES string of the molecule is CC[C@H](C)NC(=O)CCNS(=O)(=O)c1ccc(Cl)cc1. The van der Waals surface area contributed by atoms with E-state index in [0.29, 0.717) is 5.02 Å². The molecule has 0 saturated heterocycles. The van der Waals surface area contributed by atoms with Gasteiger partial charge < -0.3 is 5.32 Å². The van der Waals surface area contributed by atoms with Gasteiger partial charge in [-0.05, 0) is 37.6 Å². The molecule has 0 unspecified atom stereocenters. The van der Waals surface area contributed by atoms with Gasteiger partial charge in [-0.2, -0.15) is 0 Å². The number of sulfonamides is 1. The normalized spacial score (nSPS) is 12.9. The maximum Gasteiger partial charge on any atom is 0.240 e. The van der Waals surface area contributed by atoms with Crippen LogP contribution in [-0.4, -0.2) is 26.9 Å². The summed E-state index contributed by atoms with van der Waals surface area (Å²) in [6, 6.07) is 5.95. The van der Waals surface area contributed by atoms with Crippen molar-refractivity contribution in [2.45, 2.75) is 37.6 Å². The van der Waals surface area contributed by atoms with Gasteiger partial charge in [0.05, 0.1) is 4.90 Å². The molecule has 0 aliphatic rings. The van der Waals surface area contributed by atoms with Gasteiger partial charge in [-0.25, -0.2) is 13.1 Å². The second kappa shape index (κ2) is 7.61. The van der Waals surface area contributed by atoms with Crippen LogP contribution in [0.5, 0.6) is 0 Å². The molecule has 0 radical (unpaired) electrons. The first-order valence-corrected chi connectivity index (χ1v) is 8.26. The Bertz CT molecular complexity index is 543. The fourth-order valence-corrected chi connectivity index (χ4v) is 2.60. The van der Waals surface area contributed by atoms with E-state index in [9.17, 15) is 13.2 Å². The van der Waals surface area contributed by atoms with Crippen molar-refractivity contribution in [1.82, 2.24) is 10.0 Å². The van der Waals surface area contributed by atoms with Crippen LogP contribution in [0, 0.1) is 0 Å². The second-order valence-electron chi connectivity index (χ2n) is 4.48. The predicted octanol–water partition coefficient (Wildman–Crippen LogP) is 1.92. The molecule has 0 aliphatic carbocycles. The van der Waals surface area contributed by atoms with Gasteiger partial charge in [0.1, 0.15) is 0 Å². The lowest BCUT2D eigenvalue weighted by Crippen LogP contribution is -2.35. The number of rotatable bonds is 7. The van der Waals surface area contributed by atoms with Crippen molar-refractivity contribution in [2.24, 2.45) is 0 Å². The first-order valence-electron chi connectivity index (χ1n) is 6.39. The predicted molar refractivity (Wildman–Crippen MR) is 79.2 cm³/mol. The van der Waals surface area contributed by atoms with Crippen LogP contribution in [0.1, 0.15) is 26.7 Å². The van der Waals surface area contributed by atoms with Crippen molar-refractivity contribution in [3.63, 3.8) is 0 Å². The Labute approximate surface area is 124 Å². The van der Waals surface area contributed by atoms with E-state index < -0.39 is 10.0 Å². The Morgan fingerprint density at radius 2 is 1.90 bits per heavy atom. The summed E-state index contributed by atoms with van der Waals surface area (Å²) in [6.45, 7) is 3.93. The smallest absolute Gasteiger partial charge is 0.240 e. The monoisotopic (exact) mass is 318 g/mol. The summed E-state index contributed by atoms with van der Waals surface area (Å²) in [7, 11) is -3.60. The number of hydrogen-bond acceptors (Lipinski definition) is 3. The molecule has 112 valence electrons. The highest BCUT2D eigenvalue weighted by Crippen LogP contribution is 2.13. The van der Waals surface area contributed by atoms with Crippen molar-refractivity contribution in [3.8, 4) is 0 Å². The Balaban J connectivity index is 2.48. The Morgan fingerprint density at radius 3 is 2.45 bits per heavy atom. The van der Waals surface area contributed by atoms with Crippen LogP contribution in [0.2, 0.25) is 5.02 Å². The van der Waals surface area contributed by atoms with Crippen LogP contribution in [-0.2, 0) is 14.8 Å². The molecule has 1 aromatic rings. The van der Waals surface area contributed by atoms with Gasteiger partial charge in [0.2, 0.25) is 15.9 Å². The molecule has 1 rings (SSSR count). The Morgan fingerprint density at radius 1 is 1.30 bits per heavy atom. The Hall–Kier alpha value is -1.11. The second-order valence-corrected chi connectivity index (χ2v) is 6.68. The highest BCUT2D eigenvalue weighted by atomic mass is 35.5. The maximum atomic E-state index is 11.9. The third-order valence-corrected chi connectivity index (χ3v) is 4.52. The van der Waals surface area contributed by atoms with Gasteiger partial charge in [-0.3, -0.25) is 4.79 Å². The molecule has 0 fully saturated rings. The Kier molecular flexibility index (Phi) is 6.45. The molecule has 20 heavy (non-hydrogen) atoms. The standard InChI is InChI=1S/C13H19ClN2O3S/c1-3-10(2)16-13(17)8-9-15-20(18,19)12-6-4-11(14)5-7-12/h4-7,10,15H,3,8-9H2,1-2H3,(H,16,17)/t10-/m0/s1. The number of halogens is 1. The van der Waals surface area contributed by atoms with Gasteiger partial charge in [-0.15, -0.1) is 0 Å². The van der Waals surface area contributed by atoms with Crippen molar-refractivity contribution >= 4 is 27.5 Å². The number of benzene rings is 1. The van der Waals surface area contributed by atoms with Gasteiger partial charge >= 0.3 is 0 Å². The van der Waals surface area contributed by atoms with Crippen LogP contribution in [0.25, 0.3) is 0 Å². The minimum absolute atomic E-state index is 0.0627. The average molecular weight is 319 g/mol. The van der Waals surface area contributed by atoms with E-state index in [1.165, 1.54) is 24.3 Å². The largest absolute Gasteiger partial charge is 0.354 e. The summed E-state index contributed by atoms with van der Waals surface area (Å²) in [5.74, 6) is -0.168. The molecule has 7 heteroatoms. The minimum atomic E-state index is -3.60. The topological polar surface area (TPSA) is 75.3 Å². The summed E-state index contributed by atoms with van der Waals surface area (Å²) in [4.78, 5) is 11.6. The lowest BCUT2D eigenvalue weighted by atomic mass is 10.2. The molecule has 0 aromatic heterocycles. The first kappa shape index (κ1) is 16.9. The number of nitrogens with one attached hydrogen (secondary N) is 2. The molecule has 1 aromatic carbocycles. The van der Waals surface area contributed by atoms with Crippen LogP contribution in [0.3, 0.4) is 0 Å². The molecule has 0 saturated carbocycles. The van der Waals surface area contributed by atoms with Gasteiger partial charge in [0, 0.05) is 24.0 Å². The third-order valence-electron chi connectivity index (χ3n) is 2.79. The van der Waals surface area contributed by atoms with Crippen molar-refractivity contribution in [3.05, 3.63) is 29.3 Å². The van der Waals surface area contributed by atoms with Crippen LogP contribution >= 0.6 is 11.6 Å². The molecule has 0 spiro atoms. The van der Waals surface area contributed by atoms with Gasteiger partial charge in [-0.1, -0.05) is 18.5 Å². The fourth-order valence-electron chi connectivity index (χ4n) is 1.45. The molecular weight excluding hydrogens is 300 g/mol. The average Bonchev–Trinajstić information content (AvgIpc) is 2.38. The summed E-state index contributed by atoms with van der Waals surface area (Å²) >= 11 is 5.70. The number of amides is 1. The molecule has 1 atom stereocenters. The van der Waals surface area contributed by atoms with E-state index in [1.807, 2.05) is 13.8 Å². The molecule has 0 bridgehead atoms. The molecule has 0 aliphatic heterocycles. The number of carbonyl (C=O) groups excluding carboxylic acids is 1. The van der Waals surface area contributed by atoms with E-state index in [0.717, 1.165) is 6.42 Å². The van der Waals surface area contributed by atoms with E-state index in [2.05, 4.69) is 10.0 Å². The van der Waals surface area contributed by atoms with E-state index in [1.54, 1.807) is 0 Å². The molecule has 5 nitrogen and oxygen atoms in total. The summed E-state index contributed by atoms with van der Waals surface area (Å²) in [6.07, 6.45) is 0.944. The van der Waals surface area contributed by atoms with Crippen LogP contribution < -0.4 is 10.0 Å². The van der Waals surface area contributed by atoms with Crippen molar-refractivity contribution in [2.75, 3.05) is 6.54 Å². The first-order chi connectivity index (χ1) is 9.35. The summed E-state index contributed by atoms with van der Waals surface area (Å²) in [5, 5.41) is 3.24. The van der Waals surface area contributed by atoms with Crippen molar-refractivity contribution in [1.29, 1.82) is 0 Å².